The maximum Gasteiger partial charge on any atom is 0.252 e. The van der Waals surface area contributed by atoms with Crippen LogP contribution in [-0.2, 0) is 0 Å². The predicted molar refractivity (Wildman–Crippen MR) is 96.6 cm³/mol. The number of carbonyl (C=O) groups is 1. The molecule has 0 saturated heterocycles. The fourth-order valence-electron chi connectivity index (χ4n) is 2.98. The minimum atomic E-state index is -0.784. The summed E-state index contributed by atoms with van der Waals surface area (Å²) in [4.78, 5) is 24.0. The maximum atomic E-state index is 14.4. The molecule has 26 heavy (non-hydrogen) atoms. The van der Waals surface area contributed by atoms with Crippen molar-refractivity contribution in [1.82, 2.24) is 15.0 Å². The molecule has 6 N–H and O–H groups in total. The van der Waals surface area contributed by atoms with Crippen LogP contribution in [0.25, 0.3) is 0 Å². The molecule has 9 heteroatoms. The van der Waals surface area contributed by atoms with Crippen LogP contribution >= 0.6 is 0 Å². The Bertz CT molecular complexity index is 796. The van der Waals surface area contributed by atoms with Crippen LogP contribution in [-0.4, -0.2) is 32.9 Å². The lowest BCUT2D eigenvalue weighted by Gasteiger charge is -2.30. The molecule has 0 spiro atoms. The third kappa shape index (κ3) is 4.05. The summed E-state index contributed by atoms with van der Waals surface area (Å²) in [6.07, 6.45) is 6.90. The van der Waals surface area contributed by atoms with Crippen LogP contribution in [0.1, 0.15) is 41.9 Å². The van der Waals surface area contributed by atoms with Gasteiger partial charge >= 0.3 is 0 Å². The molecule has 1 fully saturated rings. The predicted octanol–water partition coefficient (Wildman–Crippen LogP) is 1.84. The molecule has 138 valence electrons. The number of nitrogens with zero attached hydrogens (tertiary/aromatic N) is 3. The average Bonchev–Trinajstić information content (AvgIpc) is 2.61. The van der Waals surface area contributed by atoms with Crippen molar-refractivity contribution in [3.63, 3.8) is 0 Å². The molecule has 2 aromatic rings. The van der Waals surface area contributed by atoms with Crippen LogP contribution in [0, 0.1) is 12.7 Å². The molecule has 1 unspecified atom stereocenters. The second-order valence-corrected chi connectivity index (χ2v) is 6.42. The van der Waals surface area contributed by atoms with E-state index in [-0.39, 0.29) is 29.3 Å². The van der Waals surface area contributed by atoms with Gasteiger partial charge in [-0.3, -0.25) is 4.79 Å². The zero-order chi connectivity index (χ0) is 18.7. The number of amides is 1. The number of nitrogens with two attached hydrogens (primary N) is 2. The quantitative estimate of drug-likeness (QED) is 0.640. The van der Waals surface area contributed by atoms with Crippen molar-refractivity contribution in [2.24, 2.45) is 11.5 Å². The normalized spacial score (nSPS) is 19.8. The Hall–Kier alpha value is -2.81. The Kier molecular flexibility index (Phi) is 5.27. The number of primary amides is 1. The van der Waals surface area contributed by atoms with Crippen molar-refractivity contribution in [2.45, 2.75) is 44.7 Å². The van der Waals surface area contributed by atoms with Gasteiger partial charge in [0.25, 0.3) is 5.91 Å². The smallest absolute Gasteiger partial charge is 0.252 e. The number of aromatic nitrogens is 3. The lowest BCUT2D eigenvalue weighted by Crippen LogP contribution is -2.43. The fraction of sp³-hybridized carbons (Fsp3) is 0.412. The lowest BCUT2D eigenvalue weighted by atomic mass is 9.91. The summed E-state index contributed by atoms with van der Waals surface area (Å²) in [5, 5.41) is 5.99. The van der Waals surface area contributed by atoms with Gasteiger partial charge in [0.15, 0.2) is 11.6 Å². The minimum Gasteiger partial charge on any atom is -0.365 e. The van der Waals surface area contributed by atoms with Crippen LogP contribution in [0.5, 0.6) is 0 Å². The van der Waals surface area contributed by atoms with E-state index in [9.17, 15) is 9.18 Å². The maximum absolute atomic E-state index is 14.4. The summed E-state index contributed by atoms with van der Waals surface area (Å²) in [7, 11) is 0. The largest absolute Gasteiger partial charge is 0.365 e. The van der Waals surface area contributed by atoms with E-state index in [0.29, 0.717) is 11.5 Å². The van der Waals surface area contributed by atoms with Crippen molar-refractivity contribution in [3.8, 4) is 0 Å². The van der Waals surface area contributed by atoms with E-state index >= 15 is 0 Å². The van der Waals surface area contributed by atoms with Crippen molar-refractivity contribution in [3.05, 3.63) is 35.7 Å². The van der Waals surface area contributed by atoms with Crippen LogP contribution in [0.3, 0.4) is 0 Å². The Morgan fingerprint density at radius 3 is 2.58 bits per heavy atom. The van der Waals surface area contributed by atoms with Crippen molar-refractivity contribution >= 4 is 23.2 Å². The monoisotopic (exact) mass is 359 g/mol. The number of nitrogens with one attached hydrogen (secondary N) is 2. The third-order valence-corrected chi connectivity index (χ3v) is 4.43. The van der Waals surface area contributed by atoms with Gasteiger partial charge in [-0.15, -0.1) is 0 Å². The Labute approximate surface area is 150 Å². The molecule has 0 bridgehead atoms. The van der Waals surface area contributed by atoms with Gasteiger partial charge in [0.1, 0.15) is 11.6 Å². The highest BCUT2D eigenvalue weighted by Gasteiger charge is 2.24. The van der Waals surface area contributed by atoms with Gasteiger partial charge in [-0.2, -0.15) is 0 Å². The molecule has 8 nitrogen and oxygen atoms in total. The lowest BCUT2D eigenvalue weighted by molar-refractivity contribution is 0.100. The molecule has 0 radical (unpaired) electrons. The molecule has 1 saturated carbocycles. The van der Waals surface area contributed by atoms with E-state index in [1.54, 1.807) is 19.3 Å². The first-order valence-electron chi connectivity index (χ1n) is 8.52. The Morgan fingerprint density at radius 1 is 1.23 bits per heavy atom. The number of anilines is 3. The van der Waals surface area contributed by atoms with E-state index in [1.165, 1.54) is 0 Å². The third-order valence-electron chi connectivity index (χ3n) is 4.43. The van der Waals surface area contributed by atoms with Crippen LogP contribution in [0.15, 0.2) is 18.5 Å². The van der Waals surface area contributed by atoms with Crippen molar-refractivity contribution < 1.29 is 9.18 Å². The van der Waals surface area contributed by atoms with Gasteiger partial charge in [0, 0.05) is 12.1 Å². The van der Waals surface area contributed by atoms with Crippen molar-refractivity contribution in [2.75, 3.05) is 10.6 Å². The summed E-state index contributed by atoms with van der Waals surface area (Å²) in [6, 6.07) is 0.937. The second kappa shape index (κ2) is 7.61. The van der Waals surface area contributed by atoms with E-state index in [0.717, 1.165) is 31.7 Å². The number of rotatable bonds is 5. The molecular formula is C17H22FN7O. The van der Waals surface area contributed by atoms with Crippen LogP contribution in [0.4, 0.5) is 21.7 Å². The summed E-state index contributed by atoms with van der Waals surface area (Å²) in [6.45, 7) is 1.75. The zero-order valence-electron chi connectivity index (χ0n) is 14.5. The highest BCUT2D eigenvalue weighted by atomic mass is 19.1. The number of halogens is 1. The molecule has 0 aromatic carbocycles. The first-order valence-corrected chi connectivity index (χ1v) is 8.52. The Balaban J connectivity index is 1.90. The van der Waals surface area contributed by atoms with E-state index < -0.39 is 11.7 Å². The molecule has 3 rings (SSSR count). The number of aryl methyl sites for hydroxylation is 1. The first-order chi connectivity index (χ1) is 12.4. The number of pyridine rings is 1. The van der Waals surface area contributed by atoms with Gasteiger partial charge in [0.2, 0.25) is 0 Å². The average molecular weight is 359 g/mol. The summed E-state index contributed by atoms with van der Waals surface area (Å²) >= 11 is 0. The molecule has 1 aliphatic carbocycles. The summed E-state index contributed by atoms with van der Waals surface area (Å²) in [5.74, 6) is -0.660. The molecule has 1 aliphatic rings. The standard InChI is InChI=1S/C17H22FN7O/c1-9-21-7-10(8-22-9)23-16-11(15(20)26)6-12(18)17(25-16)24-14-5-3-2-4-13(14)19/h6-8,13-14H,2-5,19H2,1H3,(H2,20,26)(H2,23,24,25)/t13?,14-/m1/s1. The number of hydrogen-bond donors (Lipinski definition) is 4. The molecule has 1 amide bonds. The van der Waals surface area contributed by atoms with E-state index in [1.807, 2.05) is 0 Å². The van der Waals surface area contributed by atoms with Gasteiger partial charge in [-0.1, -0.05) is 12.8 Å². The Morgan fingerprint density at radius 2 is 1.92 bits per heavy atom. The molecular weight excluding hydrogens is 337 g/mol. The first kappa shape index (κ1) is 18.0. The SMILES string of the molecule is Cc1ncc(Nc2nc(N[C@@H]3CCCCC3N)c(F)cc2C(N)=O)cn1. The van der Waals surface area contributed by atoms with E-state index in [2.05, 4.69) is 25.6 Å². The zero-order valence-corrected chi connectivity index (χ0v) is 14.5. The molecule has 2 aromatic heterocycles. The number of carbonyl (C=O) groups excluding carboxylic acids is 1. The number of hydrogen-bond acceptors (Lipinski definition) is 7. The highest BCUT2D eigenvalue weighted by molar-refractivity contribution is 5.98. The summed E-state index contributed by atoms with van der Waals surface area (Å²) < 4.78 is 14.4. The second-order valence-electron chi connectivity index (χ2n) is 6.42. The van der Waals surface area contributed by atoms with Gasteiger partial charge in [-0.25, -0.2) is 19.3 Å². The van der Waals surface area contributed by atoms with Gasteiger partial charge < -0.3 is 22.1 Å². The van der Waals surface area contributed by atoms with Crippen molar-refractivity contribution in [1.29, 1.82) is 0 Å². The molecule has 0 aliphatic heterocycles. The van der Waals surface area contributed by atoms with Crippen LogP contribution < -0.4 is 22.1 Å². The molecule has 2 atom stereocenters. The topological polar surface area (TPSA) is 132 Å². The summed E-state index contributed by atoms with van der Waals surface area (Å²) in [5.41, 5.74) is 11.9. The fourth-order valence-corrected chi connectivity index (χ4v) is 2.98. The molecule has 2 heterocycles. The van der Waals surface area contributed by atoms with E-state index in [4.69, 9.17) is 11.5 Å². The van der Waals surface area contributed by atoms with Gasteiger partial charge in [0.05, 0.1) is 23.6 Å². The van der Waals surface area contributed by atoms with Crippen LogP contribution in [0.2, 0.25) is 0 Å². The highest BCUT2D eigenvalue weighted by Crippen LogP contribution is 2.26. The minimum absolute atomic E-state index is 0.0351. The van der Waals surface area contributed by atoms with Gasteiger partial charge in [-0.05, 0) is 25.8 Å².